The molecular formula is C26H36FN3O4S. The van der Waals surface area contributed by atoms with Crippen LogP contribution in [0.2, 0.25) is 0 Å². The molecule has 0 spiro atoms. The molecule has 0 unspecified atom stereocenters. The van der Waals surface area contributed by atoms with Crippen LogP contribution in [0, 0.1) is 11.7 Å². The molecule has 0 heterocycles. The Labute approximate surface area is 208 Å². The van der Waals surface area contributed by atoms with Gasteiger partial charge in [0.05, 0.1) is 11.9 Å². The Morgan fingerprint density at radius 3 is 2.20 bits per heavy atom. The van der Waals surface area contributed by atoms with Crippen molar-refractivity contribution in [3.8, 4) is 0 Å². The zero-order valence-electron chi connectivity index (χ0n) is 20.9. The van der Waals surface area contributed by atoms with E-state index in [9.17, 15) is 22.4 Å². The molecule has 2 amide bonds. The summed E-state index contributed by atoms with van der Waals surface area (Å²) >= 11 is 0. The van der Waals surface area contributed by atoms with E-state index in [0.717, 1.165) is 16.1 Å². The maximum Gasteiger partial charge on any atom is 0.242 e. The maximum atomic E-state index is 14.2. The molecule has 0 aliphatic rings. The average Bonchev–Trinajstić information content (AvgIpc) is 2.80. The molecule has 0 aromatic heterocycles. The van der Waals surface area contributed by atoms with Gasteiger partial charge in [-0.1, -0.05) is 56.3 Å². The Morgan fingerprint density at radius 2 is 1.60 bits per heavy atom. The number of anilines is 1. The number of amides is 2. The minimum Gasteiger partial charge on any atom is -0.354 e. The van der Waals surface area contributed by atoms with Crippen molar-refractivity contribution in [2.45, 2.75) is 46.1 Å². The number of halogens is 1. The number of rotatable bonds is 13. The first-order chi connectivity index (χ1) is 16.5. The van der Waals surface area contributed by atoms with Crippen molar-refractivity contribution >= 4 is 27.5 Å². The summed E-state index contributed by atoms with van der Waals surface area (Å²) in [5.74, 6) is -0.858. The molecular weight excluding hydrogens is 469 g/mol. The Kier molecular flexibility index (Phi) is 10.7. The summed E-state index contributed by atoms with van der Waals surface area (Å²) in [6.07, 6.45) is 1.80. The van der Waals surface area contributed by atoms with Crippen molar-refractivity contribution in [3.05, 3.63) is 66.0 Å². The van der Waals surface area contributed by atoms with E-state index in [1.807, 2.05) is 44.2 Å². The molecule has 7 nitrogen and oxygen atoms in total. The molecule has 0 bridgehead atoms. The third kappa shape index (κ3) is 8.98. The van der Waals surface area contributed by atoms with E-state index in [1.54, 1.807) is 13.0 Å². The number of hydrogen-bond donors (Lipinski definition) is 1. The lowest BCUT2D eigenvalue weighted by molar-refractivity contribution is -0.140. The molecule has 1 N–H and O–H groups in total. The van der Waals surface area contributed by atoms with Gasteiger partial charge >= 0.3 is 0 Å². The van der Waals surface area contributed by atoms with Gasteiger partial charge in [0.2, 0.25) is 21.8 Å². The second kappa shape index (κ2) is 13.2. The van der Waals surface area contributed by atoms with Crippen LogP contribution in [0.15, 0.2) is 54.6 Å². The van der Waals surface area contributed by atoms with Crippen LogP contribution < -0.4 is 9.62 Å². The van der Waals surface area contributed by atoms with Crippen LogP contribution in [0.25, 0.3) is 0 Å². The standard InChI is InChI=1S/C26H36FN3O4S/c1-20(2)19-28-26(32)21(3)29(18-16-22-11-6-5-7-12-22)25(31)15-10-17-30(35(4,33)34)24-14-9-8-13-23(24)27/h5-9,11-14,20-21H,10,15-19H2,1-4H3,(H,28,32)/t21-/m0/s1. The molecule has 2 aromatic carbocycles. The van der Waals surface area contributed by atoms with Crippen molar-refractivity contribution < 1.29 is 22.4 Å². The first-order valence-corrected chi connectivity index (χ1v) is 13.7. The first kappa shape index (κ1) is 28.3. The summed E-state index contributed by atoms with van der Waals surface area (Å²) in [7, 11) is -3.75. The molecule has 1 atom stereocenters. The molecule has 0 radical (unpaired) electrons. The van der Waals surface area contributed by atoms with Gasteiger partial charge in [-0.2, -0.15) is 0 Å². The van der Waals surface area contributed by atoms with Gasteiger partial charge in [-0.3, -0.25) is 13.9 Å². The highest BCUT2D eigenvalue weighted by Gasteiger charge is 2.26. The van der Waals surface area contributed by atoms with Gasteiger partial charge in [0.25, 0.3) is 0 Å². The van der Waals surface area contributed by atoms with E-state index in [0.29, 0.717) is 19.5 Å². The third-order valence-corrected chi connectivity index (χ3v) is 6.79. The maximum absolute atomic E-state index is 14.2. The van der Waals surface area contributed by atoms with Crippen LogP contribution in [-0.4, -0.2) is 57.1 Å². The Morgan fingerprint density at radius 1 is 0.971 bits per heavy atom. The number of para-hydroxylation sites is 1. The molecule has 35 heavy (non-hydrogen) atoms. The lowest BCUT2D eigenvalue weighted by Gasteiger charge is -2.29. The average molecular weight is 506 g/mol. The second-order valence-electron chi connectivity index (χ2n) is 9.03. The molecule has 2 rings (SSSR count). The largest absolute Gasteiger partial charge is 0.354 e. The van der Waals surface area contributed by atoms with Crippen molar-refractivity contribution in [3.63, 3.8) is 0 Å². The van der Waals surface area contributed by atoms with Gasteiger partial charge < -0.3 is 10.2 Å². The zero-order chi connectivity index (χ0) is 26.0. The van der Waals surface area contributed by atoms with Crippen LogP contribution >= 0.6 is 0 Å². The number of nitrogens with one attached hydrogen (secondary N) is 1. The molecule has 9 heteroatoms. The minimum atomic E-state index is -3.75. The fourth-order valence-corrected chi connectivity index (χ4v) is 4.63. The smallest absolute Gasteiger partial charge is 0.242 e. The van der Waals surface area contributed by atoms with E-state index in [-0.39, 0.29) is 42.8 Å². The van der Waals surface area contributed by atoms with E-state index < -0.39 is 21.9 Å². The quantitative estimate of drug-likeness (QED) is 0.451. The van der Waals surface area contributed by atoms with Crippen LogP contribution in [-0.2, 0) is 26.0 Å². The van der Waals surface area contributed by atoms with Gasteiger partial charge in [-0.15, -0.1) is 0 Å². The topological polar surface area (TPSA) is 86.8 Å². The monoisotopic (exact) mass is 505 g/mol. The molecule has 0 saturated heterocycles. The van der Waals surface area contributed by atoms with Gasteiger partial charge in [0.1, 0.15) is 11.9 Å². The predicted molar refractivity (Wildman–Crippen MR) is 137 cm³/mol. The van der Waals surface area contributed by atoms with Gasteiger partial charge in [-0.05, 0) is 43.4 Å². The van der Waals surface area contributed by atoms with Crippen molar-refractivity contribution in [2.24, 2.45) is 5.92 Å². The van der Waals surface area contributed by atoms with E-state index >= 15 is 0 Å². The van der Waals surface area contributed by atoms with Crippen LogP contribution in [0.1, 0.15) is 39.2 Å². The number of hydrogen-bond acceptors (Lipinski definition) is 4. The Hall–Kier alpha value is -2.94. The molecule has 0 saturated carbocycles. The summed E-state index contributed by atoms with van der Waals surface area (Å²) in [4.78, 5) is 27.4. The zero-order valence-corrected chi connectivity index (χ0v) is 21.7. The highest BCUT2D eigenvalue weighted by atomic mass is 32.2. The molecule has 0 aliphatic heterocycles. The SMILES string of the molecule is CC(C)CNC(=O)[C@H](C)N(CCc1ccccc1)C(=O)CCCN(c1ccccc1F)S(C)(=O)=O. The first-order valence-electron chi connectivity index (χ1n) is 11.8. The molecule has 0 fully saturated rings. The number of carbonyl (C=O) groups is 2. The summed E-state index contributed by atoms with van der Waals surface area (Å²) in [6, 6.07) is 14.6. The Bertz CT molecular complexity index is 1080. The van der Waals surface area contributed by atoms with Crippen molar-refractivity contribution in [1.29, 1.82) is 0 Å². The second-order valence-corrected chi connectivity index (χ2v) is 10.9. The van der Waals surface area contributed by atoms with E-state index in [2.05, 4.69) is 5.32 Å². The van der Waals surface area contributed by atoms with Gasteiger partial charge in [0, 0.05) is 26.1 Å². The van der Waals surface area contributed by atoms with Crippen LogP contribution in [0.3, 0.4) is 0 Å². The van der Waals surface area contributed by atoms with Gasteiger partial charge in [-0.25, -0.2) is 12.8 Å². The highest BCUT2D eigenvalue weighted by Crippen LogP contribution is 2.22. The molecule has 192 valence electrons. The fourth-order valence-electron chi connectivity index (χ4n) is 3.66. The normalized spacial score (nSPS) is 12.3. The summed E-state index contributed by atoms with van der Waals surface area (Å²) in [5.41, 5.74) is 0.993. The van der Waals surface area contributed by atoms with Crippen molar-refractivity contribution in [1.82, 2.24) is 10.2 Å². The third-order valence-electron chi connectivity index (χ3n) is 5.61. The van der Waals surface area contributed by atoms with Gasteiger partial charge in [0.15, 0.2) is 0 Å². The predicted octanol–water partition coefficient (Wildman–Crippen LogP) is 3.60. The number of nitrogens with zero attached hydrogens (tertiary/aromatic N) is 2. The summed E-state index contributed by atoms with van der Waals surface area (Å²) in [5, 5.41) is 2.88. The summed E-state index contributed by atoms with van der Waals surface area (Å²) < 4.78 is 39.8. The number of sulfonamides is 1. The molecule has 2 aromatic rings. The number of benzene rings is 2. The number of carbonyl (C=O) groups excluding carboxylic acids is 2. The molecule has 0 aliphatic carbocycles. The lowest BCUT2D eigenvalue weighted by atomic mass is 10.1. The summed E-state index contributed by atoms with van der Waals surface area (Å²) in [6.45, 7) is 6.49. The van der Waals surface area contributed by atoms with Crippen LogP contribution in [0.4, 0.5) is 10.1 Å². The van der Waals surface area contributed by atoms with E-state index in [1.165, 1.54) is 23.1 Å². The van der Waals surface area contributed by atoms with Crippen molar-refractivity contribution in [2.75, 3.05) is 30.2 Å². The minimum absolute atomic E-state index is 0.0249. The fraction of sp³-hybridized carbons (Fsp3) is 0.462. The van der Waals surface area contributed by atoms with E-state index in [4.69, 9.17) is 0 Å². The van der Waals surface area contributed by atoms with Crippen LogP contribution in [0.5, 0.6) is 0 Å². The highest BCUT2D eigenvalue weighted by molar-refractivity contribution is 7.92. The lowest BCUT2D eigenvalue weighted by Crippen LogP contribution is -2.49. The Balaban J connectivity index is 2.11.